The normalized spacial score (nSPS) is 20.7. The van der Waals surface area contributed by atoms with Gasteiger partial charge in [-0.2, -0.15) is 5.10 Å². The molecule has 0 amide bonds. The van der Waals surface area contributed by atoms with Gasteiger partial charge in [-0.25, -0.2) is 4.98 Å². The van der Waals surface area contributed by atoms with Gasteiger partial charge in [-0.3, -0.25) is 4.68 Å². The molecule has 16 heavy (non-hydrogen) atoms. The maximum atomic E-state index is 5.88. The molecular formula is C10H12IN5. The third-order valence-corrected chi connectivity index (χ3v) is 3.74. The maximum Gasteiger partial charge on any atom is 0.135 e. The van der Waals surface area contributed by atoms with Crippen LogP contribution in [-0.4, -0.2) is 27.9 Å². The maximum absolute atomic E-state index is 5.88. The minimum atomic E-state index is 0.438. The van der Waals surface area contributed by atoms with E-state index in [0.29, 0.717) is 11.9 Å². The predicted octanol–water partition coefficient (Wildman–Crippen LogP) is 1.15. The first-order valence-corrected chi connectivity index (χ1v) is 6.34. The van der Waals surface area contributed by atoms with Crippen LogP contribution in [0.5, 0.6) is 0 Å². The first-order valence-electron chi connectivity index (χ1n) is 5.26. The summed E-state index contributed by atoms with van der Waals surface area (Å²) in [7, 11) is 0. The number of nitrogens with two attached hydrogens (primary N) is 1. The summed E-state index contributed by atoms with van der Waals surface area (Å²) in [4.78, 5) is 4.11. The lowest BCUT2D eigenvalue weighted by molar-refractivity contribution is 0.504. The molecule has 0 spiro atoms. The van der Waals surface area contributed by atoms with Gasteiger partial charge < -0.3 is 11.1 Å². The molecule has 0 radical (unpaired) electrons. The third kappa shape index (κ3) is 1.47. The van der Waals surface area contributed by atoms with E-state index in [0.717, 1.165) is 34.1 Å². The molecular weight excluding hydrogens is 317 g/mol. The molecule has 3 N–H and O–H groups in total. The molecule has 0 aliphatic carbocycles. The molecule has 84 valence electrons. The SMILES string of the molecule is Nc1nccc2c1c(I)nn2[C@H]1CCNC1. The Kier molecular flexibility index (Phi) is 2.47. The Balaban J connectivity index is 2.22. The molecule has 1 aliphatic heterocycles. The average Bonchev–Trinajstić information content (AvgIpc) is 2.86. The van der Waals surface area contributed by atoms with Crippen LogP contribution in [0.1, 0.15) is 12.5 Å². The lowest BCUT2D eigenvalue weighted by Crippen LogP contribution is -2.14. The van der Waals surface area contributed by atoms with E-state index >= 15 is 0 Å². The van der Waals surface area contributed by atoms with Crippen molar-refractivity contribution in [2.75, 3.05) is 18.8 Å². The van der Waals surface area contributed by atoms with E-state index in [1.54, 1.807) is 6.20 Å². The highest BCUT2D eigenvalue weighted by molar-refractivity contribution is 14.1. The number of hydrogen-bond acceptors (Lipinski definition) is 4. The number of anilines is 1. The number of pyridine rings is 1. The van der Waals surface area contributed by atoms with E-state index in [1.165, 1.54) is 0 Å². The number of rotatable bonds is 1. The van der Waals surface area contributed by atoms with E-state index in [9.17, 15) is 0 Å². The first kappa shape index (κ1) is 10.3. The number of nitrogens with zero attached hydrogens (tertiary/aromatic N) is 3. The molecule has 0 saturated carbocycles. The first-order chi connectivity index (χ1) is 7.77. The second-order valence-electron chi connectivity index (χ2n) is 3.97. The summed E-state index contributed by atoms with van der Waals surface area (Å²) in [6.07, 6.45) is 2.86. The van der Waals surface area contributed by atoms with Crippen LogP contribution < -0.4 is 11.1 Å². The van der Waals surface area contributed by atoms with Crippen molar-refractivity contribution in [2.45, 2.75) is 12.5 Å². The minimum Gasteiger partial charge on any atom is -0.383 e. The summed E-state index contributed by atoms with van der Waals surface area (Å²) in [5.41, 5.74) is 6.97. The van der Waals surface area contributed by atoms with Gasteiger partial charge in [0.25, 0.3) is 0 Å². The van der Waals surface area contributed by atoms with E-state index in [1.807, 2.05) is 6.07 Å². The summed E-state index contributed by atoms with van der Waals surface area (Å²) in [5.74, 6) is 0.569. The van der Waals surface area contributed by atoms with Crippen LogP contribution in [0.2, 0.25) is 0 Å². The van der Waals surface area contributed by atoms with Gasteiger partial charge in [0.1, 0.15) is 9.52 Å². The molecule has 1 atom stereocenters. The quantitative estimate of drug-likeness (QED) is 0.771. The molecule has 2 aromatic rings. The Labute approximate surface area is 107 Å². The summed E-state index contributed by atoms with van der Waals surface area (Å²) >= 11 is 2.22. The molecule has 1 aliphatic rings. The lowest BCUT2D eigenvalue weighted by atomic mass is 10.2. The second-order valence-corrected chi connectivity index (χ2v) is 4.99. The van der Waals surface area contributed by atoms with Crippen molar-refractivity contribution < 1.29 is 0 Å². The fraction of sp³-hybridized carbons (Fsp3) is 0.400. The van der Waals surface area contributed by atoms with Crippen LogP contribution in [0.4, 0.5) is 5.82 Å². The van der Waals surface area contributed by atoms with Crippen molar-refractivity contribution in [1.82, 2.24) is 20.1 Å². The summed E-state index contributed by atoms with van der Waals surface area (Å²) in [5, 5.41) is 8.91. The van der Waals surface area contributed by atoms with Gasteiger partial charge in [0.05, 0.1) is 16.9 Å². The lowest BCUT2D eigenvalue weighted by Gasteiger charge is -2.10. The standard InChI is InChI=1S/C10H12IN5/c11-9-8-7(2-4-14-10(8)12)16(15-9)6-1-3-13-5-6/h2,4,6,13H,1,3,5H2,(H2,12,14)/t6-/m0/s1. The van der Waals surface area contributed by atoms with Crippen LogP contribution in [0.25, 0.3) is 10.9 Å². The summed E-state index contributed by atoms with van der Waals surface area (Å²) < 4.78 is 3.01. The second kappa shape index (κ2) is 3.85. The summed E-state index contributed by atoms with van der Waals surface area (Å²) in [6.45, 7) is 2.04. The van der Waals surface area contributed by atoms with Gasteiger partial charge in [-0.1, -0.05) is 0 Å². The van der Waals surface area contributed by atoms with E-state index in [-0.39, 0.29) is 0 Å². The Morgan fingerprint density at radius 3 is 3.19 bits per heavy atom. The van der Waals surface area contributed by atoms with Crippen molar-refractivity contribution in [1.29, 1.82) is 0 Å². The highest BCUT2D eigenvalue weighted by Crippen LogP contribution is 2.28. The fourth-order valence-electron chi connectivity index (χ4n) is 2.19. The number of halogens is 1. The molecule has 5 nitrogen and oxygen atoms in total. The smallest absolute Gasteiger partial charge is 0.135 e. The van der Waals surface area contributed by atoms with Crippen LogP contribution in [0.15, 0.2) is 12.3 Å². The van der Waals surface area contributed by atoms with Crippen molar-refractivity contribution >= 4 is 39.3 Å². The van der Waals surface area contributed by atoms with Crippen LogP contribution in [0.3, 0.4) is 0 Å². The Hall–Kier alpha value is -0.890. The monoisotopic (exact) mass is 329 g/mol. The largest absolute Gasteiger partial charge is 0.383 e. The molecule has 1 saturated heterocycles. The molecule has 2 aromatic heterocycles. The van der Waals surface area contributed by atoms with Gasteiger partial charge in [-0.15, -0.1) is 0 Å². The molecule has 3 rings (SSSR count). The molecule has 0 unspecified atom stereocenters. The van der Waals surface area contributed by atoms with Gasteiger partial charge in [0.2, 0.25) is 0 Å². The summed E-state index contributed by atoms with van der Waals surface area (Å²) in [6, 6.07) is 2.42. The molecule has 0 aromatic carbocycles. The molecule has 3 heterocycles. The molecule has 0 bridgehead atoms. The van der Waals surface area contributed by atoms with Gasteiger partial charge in [-0.05, 0) is 41.6 Å². The highest BCUT2D eigenvalue weighted by Gasteiger charge is 2.21. The zero-order valence-corrected chi connectivity index (χ0v) is 10.8. The van der Waals surface area contributed by atoms with Crippen LogP contribution >= 0.6 is 22.6 Å². The third-order valence-electron chi connectivity index (χ3n) is 2.99. The topological polar surface area (TPSA) is 68.8 Å². The zero-order valence-electron chi connectivity index (χ0n) is 8.65. The number of nitrogen functional groups attached to an aromatic ring is 1. The van der Waals surface area contributed by atoms with Crippen LogP contribution in [-0.2, 0) is 0 Å². The van der Waals surface area contributed by atoms with E-state index in [2.05, 4.69) is 42.7 Å². The van der Waals surface area contributed by atoms with Gasteiger partial charge in [0.15, 0.2) is 0 Å². The van der Waals surface area contributed by atoms with Crippen molar-refractivity contribution in [3.63, 3.8) is 0 Å². The van der Waals surface area contributed by atoms with Crippen molar-refractivity contribution in [3.8, 4) is 0 Å². The van der Waals surface area contributed by atoms with Crippen LogP contribution in [0, 0.1) is 3.70 Å². The predicted molar refractivity (Wildman–Crippen MR) is 71.2 cm³/mol. The Bertz CT molecular complexity index is 529. The number of nitrogens with one attached hydrogen (secondary N) is 1. The van der Waals surface area contributed by atoms with Gasteiger partial charge >= 0.3 is 0 Å². The van der Waals surface area contributed by atoms with E-state index < -0.39 is 0 Å². The number of fused-ring (bicyclic) bond motifs is 1. The average molecular weight is 329 g/mol. The molecule has 6 heteroatoms. The Morgan fingerprint density at radius 1 is 1.56 bits per heavy atom. The Morgan fingerprint density at radius 2 is 2.44 bits per heavy atom. The van der Waals surface area contributed by atoms with E-state index in [4.69, 9.17) is 5.73 Å². The molecule has 1 fully saturated rings. The van der Waals surface area contributed by atoms with Crippen molar-refractivity contribution in [3.05, 3.63) is 16.0 Å². The van der Waals surface area contributed by atoms with Gasteiger partial charge in [0, 0.05) is 12.7 Å². The zero-order chi connectivity index (χ0) is 11.1. The number of aromatic nitrogens is 3. The van der Waals surface area contributed by atoms with Crippen molar-refractivity contribution in [2.24, 2.45) is 0 Å². The highest BCUT2D eigenvalue weighted by atomic mass is 127. The fourth-order valence-corrected chi connectivity index (χ4v) is 2.98. The number of hydrogen-bond donors (Lipinski definition) is 2. The minimum absolute atomic E-state index is 0.438.